The number of anilines is 2. The van der Waals surface area contributed by atoms with Gasteiger partial charge in [-0.05, 0) is 35.2 Å². The number of ether oxygens (including phenoxy) is 1. The lowest BCUT2D eigenvalue weighted by molar-refractivity contribution is 0.122. The van der Waals surface area contributed by atoms with Gasteiger partial charge in [-0.2, -0.15) is 11.3 Å². The number of hydrogen-bond acceptors (Lipinski definition) is 6. The molecule has 0 saturated carbocycles. The molecule has 0 atom stereocenters. The Hall–Kier alpha value is -2.96. The summed E-state index contributed by atoms with van der Waals surface area (Å²) in [7, 11) is 2.11. The number of fused-ring (bicyclic) bond motifs is 1. The van der Waals surface area contributed by atoms with Crippen LogP contribution in [-0.4, -0.2) is 43.3 Å². The molecule has 2 aromatic carbocycles. The Morgan fingerprint density at radius 3 is 2.63 bits per heavy atom. The molecule has 0 N–H and O–H groups in total. The molecule has 5 nitrogen and oxygen atoms in total. The van der Waals surface area contributed by atoms with Crippen molar-refractivity contribution in [2.24, 2.45) is 0 Å². The molecule has 1 aliphatic heterocycles. The summed E-state index contributed by atoms with van der Waals surface area (Å²) in [5, 5.41) is 5.24. The molecule has 1 fully saturated rings. The van der Waals surface area contributed by atoms with Gasteiger partial charge < -0.3 is 14.5 Å². The summed E-state index contributed by atoms with van der Waals surface area (Å²) in [6, 6.07) is 19.0. The van der Waals surface area contributed by atoms with E-state index in [9.17, 15) is 0 Å². The fourth-order valence-corrected chi connectivity index (χ4v) is 4.59. The summed E-state index contributed by atoms with van der Waals surface area (Å²) in [6.07, 6.45) is 0. The number of rotatable bonds is 5. The molecular weight excluding hydrogens is 392 g/mol. The molecule has 6 heteroatoms. The molecule has 152 valence electrons. The zero-order chi connectivity index (χ0) is 20.3. The van der Waals surface area contributed by atoms with Crippen LogP contribution in [0.2, 0.25) is 0 Å². The number of morpholine rings is 1. The Bertz CT molecular complexity index is 1140. The number of benzene rings is 2. The molecule has 4 aromatic rings. The van der Waals surface area contributed by atoms with Gasteiger partial charge in [-0.25, -0.2) is 9.97 Å². The maximum Gasteiger partial charge on any atom is 0.162 e. The second kappa shape index (κ2) is 8.42. The summed E-state index contributed by atoms with van der Waals surface area (Å²) in [5.74, 6) is 1.73. The van der Waals surface area contributed by atoms with E-state index in [1.165, 1.54) is 11.3 Å². The Labute approximate surface area is 180 Å². The van der Waals surface area contributed by atoms with Gasteiger partial charge in [0.1, 0.15) is 5.82 Å². The first-order valence-corrected chi connectivity index (χ1v) is 11.1. The molecule has 3 heterocycles. The molecule has 1 saturated heterocycles. The molecular formula is C24H24N4OS. The topological polar surface area (TPSA) is 41.5 Å². The number of hydrogen-bond donors (Lipinski definition) is 0. The first-order chi connectivity index (χ1) is 14.8. The van der Waals surface area contributed by atoms with Gasteiger partial charge in [0.05, 0.1) is 18.7 Å². The van der Waals surface area contributed by atoms with Gasteiger partial charge in [-0.3, -0.25) is 0 Å². The zero-order valence-electron chi connectivity index (χ0n) is 17.0. The van der Waals surface area contributed by atoms with Crippen molar-refractivity contribution >= 4 is 33.7 Å². The van der Waals surface area contributed by atoms with E-state index in [4.69, 9.17) is 14.7 Å². The average molecular weight is 417 g/mol. The average Bonchev–Trinajstić information content (AvgIpc) is 3.34. The van der Waals surface area contributed by atoms with Crippen molar-refractivity contribution in [3.05, 3.63) is 70.9 Å². The largest absolute Gasteiger partial charge is 0.378 e. The van der Waals surface area contributed by atoms with Gasteiger partial charge in [0, 0.05) is 48.7 Å². The van der Waals surface area contributed by atoms with Crippen molar-refractivity contribution in [1.29, 1.82) is 0 Å². The second-order valence-electron chi connectivity index (χ2n) is 7.48. The maximum absolute atomic E-state index is 5.54. The number of thiophene rings is 1. The molecule has 5 rings (SSSR count). The van der Waals surface area contributed by atoms with Crippen molar-refractivity contribution in [3.8, 4) is 11.4 Å². The highest BCUT2D eigenvalue weighted by molar-refractivity contribution is 7.08. The van der Waals surface area contributed by atoms with Crippen LogP contribution in [0.3, 0.4) is 0 Å². The second-order valence-corrected chi connectivity index (χ2v) is 8.26. The fraction of sp³-hybridized carbons (Fsp3) is 0.250. The van der Waals surface area contributed by atoms with Crippen LogP contribution in [0.1, 0.15) is 5.56 Å². The minimum Gasteiger partial charge on any atom is -0.378 e. The standard InChI is InChI=1S/C24H24N4OS/c1-27(16-18-6-2-5-9-22(18)28-11-13-29-14-12-28)24-20-7-3-4-8-21(20)25-23(26-24)19-10-15-30-17-19/h2-10,15,17H,11-14,16H2,1H3. The molecule has 0 amide bonds. The van der Waals surface area contributed by atoms with E-state index in [1.807, 2.05) is 6.07 Å². The summed E-state index contributed by atoms with van der Waals surface area (Å²) < 4.78 is 5.54. The Morgan fingerprint density at radius 2 is 1.80 bits per heavy atom. The summed E-state index contributed by atoms with van der Waals surface area (Å²) >= 11 is 1.67. The minimum atomic E-state index is 0.775. The predicted molar refractivity (Wildman–Crippen MR) is 124 cm³/mol. The van der Waals surface area contributed by atoms with E-state index in [-0.39, 0.29) is 0 Å². The number of para-hydroxylation sites is 2. The van der Waals surface area contributed by atoms with Crippen LogP contribution >= 0.6 is 11.3 Å². The van der Waals surface area contributed by atoms with E-state index >= 15 is 0 Å². The first-order valence-electron chi connectivity index (χ1n) is 10.2. The Kier molecular flexibility index (Phi) is 5.34. The fourth-order valence-electron chi connectivity index (χ4n) is 3.96. The predicted octanol–water partition coefficient (Wildman–Crippen LogP) is 4.83. The van der Waals surface area contributed by atoms with Crippen molar-refractivity contribution in [2.45, 2.75) is 6.54 Å². The SMILES string of the molecule is CN(Cc1ccccc1N1CCOCC1)c1nc(-c2ccsc2)nc2ccccc12. The summed E-state index contributed by atoms with van der Waals surface area (Å²) in [5.41, 5.74) is 4.61. The molecule has 0 spiro atoms. The molecule has 30 heavy (non-hydrogen) atoms. The van der Waals surface area contributed by atoms with Crippen LogP contribution in [0, 0.1) is 0 Å². The molecule has 0 radical (unpaired) electrons. The normalized spacial score (nSPS) is 14.2. The van der Waals surface area contributed by atoms with E-state index in [2.05, 4.69) is 76.1 Å². The lowest BCUT2D eigenvalue weighted by Crippen LogP contribution is -2.37. The quantitative estimate of drug-likeness (QED) is 0.466. The highest BCUT2D eigenvalue weighted by Gasteiger charge is 2.18. The van der Waals surface area contributed by atoms with Crippen LogP contribution in [0.5, 0.6) is 0 Å². The van der Waals surface area contributed by atoms with E-state index in [1.54, 1.807) is 11.3 Å². The maximum atomic E-state index is 5.54. The minimum absolute atomic E-state index is 0.775. The molecule has 0 unspecified atom stereocenters. The highest BCUT2D eigenvalue weighted by Crippen LogP contribution is 2.30. The lowest BCUT2D eigenvalue weighted by Gasteiger charge is -2.31. The summed E-state index contributed by atoms with van der Waals surface area (Å²) in [4.78, 5) is 14.4. The van der Waals surface area contributed by atoms with E-state index in [0.29, 0.717) is 0 Å². The summed E-state index contributed by atoms with van der Waals surface area (Å²) in [6.45, 7) is 4.20. The van der Waals surface area contributed by atoms with Crippen molar-refractivity contribution in [2.75, 3.05) is 43.2 Å². The Balaban J connectivity index is 1.52. The van der Waals surface area contributed by atoms with Crippen LogP contribution in [-0.2, 0) is 11.3 Å². The molecule has 2 aromatic heterocycles. The zero-order valence-corrected chi connectivity index (χ0v) is 17.8. The number of aromatic nitrogens is 2. The van der Waals surface area contributed by atoms with Gasteiger partial charge >= 0.3 is 0 Å². The van der Waals surface area contributed by atoms with Crippen molar-refractivity contribution < 1.29 is 4.74 Å². The molecule has 1 aliphatic rings. The van der Waals surface area contributed by atoms with Crippen molar-refractivity contribution in [1.82, 2.24) is 9.97 Å². The van der Waals surface area contributed by atoms with Crippen LogP contribution in [0.15, 0.2) is 65.4 Å². The Morgan fingerprint density at radius 1 is 1.00 bits per heavy atom. The van der Waals surface area contributed by atoms with Crippen LogP contribution in [0.25, 0.3) is 22.3 Å². The third-order valence-electron chi connectivity index (χ3n) is 5.47. The highest BCUT2D eigenvalue weighted by atomic mass is 32.1. The van der Waals surface area contributed by atoms with Crippen molar-refractivity contribution in [3.63, 3.8) is 0 Å². The van der Waals surface area contributed by atoms with Crippen LogP contribution in [0.4, 0.5) is 11.5 Å². The lowest BCUT2D eigenvalue weighted by atomic mass is 10.1. The third kappa shape index (κ3) is 3.76. The molecule has 0 aliphatic carbocycles. The smallest absolute Gasteiger partial charge is 0.162 e. The van der Waals surface area contributed by atoms with Gasteiger partial charge in [-0.15, -0.1) is 0 Å². The van der Waals surface area contributed by atoms with Gasteiger partial charge in [0.2, 0.25) is 0 Å². The van der Waals surface area contributed by atoms with Gasteiger partial charge in [-0.1, -0.05) is 30.3 Å². The first kappa shape index (κ1) is 19.0. The van der Waals surface area contributed by atoms with Gasteiger partial charge in [0.25, 0.3) is 0 Å². The monoisotopic (exact) mass is 416 g/mol. The van der Waals surface area contributed by atoms with Gasteiger partial charge in [0.15, 0.2) is 5.82 Å². The number of nitrogens with zero attached hydrogens (tertiary/aromatic N) is 4. The van der Waals surface area contributed by atoms with E-state index in [0.717, 1.165) is 61.0 Å². The van der Waals surface area contributed by atoms with E-state index < -0.39 is 0 Å². The third-order valence-corrected chi connectivity index (χ3v) is 6.16. The molecule has 0 bridgehead atoms. The van der Waals surface area contributed by atoms with Crippen LogP contribution < -0.4 is 9.80 Å².